The van der Waals surface area contributed by atoms with Gasteiger partial charge in [0.05, 0.1) is 18.9 Å². The minimum absolute atomic E-state index is 0.0973. The number of hydrogen-bond acceptors (Lipinski definition) is 5. The van der Waals surface area contributed by atoms with Gasteiger partial charge >= 0.3 is 6.03 Å². The number of para-hydroxylation sites is 1. The fourth-order valence-corrected chi connectivity index (χ4v) is 2.96. The van der Waals surface area contributed by atoms with Crippen LogP contribution in [0.4, 0.5) is 10.5 Å². The summed E-state index contributed by atoms with van der Waals surface area (Å²) in [6.45, 7) is 5.80. The van der Waals surface area contributed by atoms with E-state index in [0.717, 1.165) is 16.9 Å². The Kier molecular flexibility index (Phi) is 6.20. The van der Waals surface area contributed by atoms with Crippen molar-refractivity contribution < 1.29 is 23.9 Å². The Hall–Kier alpha value is -3.61. The van der Waals surface area contributed by atoms with E-state index in [0.29, 0.717) is 22.7 Å². The van der Waals surface area contributed by atoms with Crippen molar-refractivity contribution in [1.29, 1.82) is 0 Å². The molecule has 1 saturated heterocycles. The Bertz CT molecular complexity index is 1010. The first-order chi connectivity index (χ1) is 14.3. The second-order valence-corrected chi connectivity index (χ2v) is 7.01. The zero-order chi connectivity index (χ0) is 21.8. The van der Waals surface area contributed by atoms with Gasteiger partial charge in [0.2, 0.25) is 0 Å². The van der Waals surface area contributed by atoms with E-state index in [-0.39, 0.29) is 11.7 Å². The molecular formula is C23H24N2O5. The van der Waals surface area contributed by atoms with E-state index in [1.165, 1.54) is 13.2 Å². The SMILES string of the molecule is CC[C@@H](C)Oc1c(/C=C2\C(=O)NC(=O)N(c3ccc(C)cc3)C2=O)cccc1OC. The van der Waals surface area contributed by atoms with Crippen molar-refractivity contribution in [3.05, 3.63) is 59.2 Å². The molecule has 0 bridgehead atoms. The molecule has 0 unspecified atom stereocenters. The normalized spacial score (nSPS) is 16.5. The highest BCUT2D eigenvalue weighted by atomic mass is 16.5. The lowest BCUT2D eigenvalue weighted by atomic mass is 10.1. The maximum absolute atomic E-state index is 13.1. The number of barbiturate groups is 1. The minimum Gasteiger partial charge on any atom is -0.493 e. The second kappa shape index (κ2) is 8.82. The van der Waals surface area contributed by atoms with Crippen LogP contribution < -0.4 is 19.7 Å². The minimum atomic E-state index is -0.785. The molecule has 7 nitrogen and oxygen atoms in total. The van der Waals surface area contributed by atoms with Crippen LogP contribution >= 0.6 is 0 Å². The number of nitrogens with zero attached hydrogens (tertiary/aromatic N) is 1. The molecule has 156 valence electrons. The summed E-state index contributed by atoms with van der Waals surface area (Å²) >= 11 is 0. The Morgan fingerprint density at radius 3 is 2.43 bits per heavy atom. The number of benzene rings is 2. The molecule has 7 heteroatoms. The lowest BCUT2D eigenvalue weighted by Gasteiger charge is -2.26. The number of carbonyl (C=O) groups is 3. The predicted octanol–water partition coefficient (Wildman–Crippen LogP) is 3.85. The summed E-state index contributed by atoms with van der Waals surface area (Å²) in [6.07, 6.45) is 2.09. The third-order valence-electron chi connectivity index (χ3n) is 4.82. The van der Waals surface area contributed by atoms with Crippen LogP contribution in [0.1, 0.15) is 31.4 Å². The topological polar surface area (TPSA) is 84.9 Å². The molecule has 1 heterocycles. The third kappa shape index (κ3) is 4.20. The Morgan fingerprint density at radius 1 is 1.10 bits per heavy atom. The second-order valence-electron chi connectivity index (χ2n) is 7.01. The zero-order valence-corrected chi connectivity index (χ0v) is 17.4. The third-order valence-corrected chi connectivity index (χ3v) is 4.82. The molecule has 4 amide bonds. The van der Waals surface area contributed by atoms with Crippen molar-refractivity contribution >= 4 is 29.6 Å². The largest absolute Gasteiger partial charge is 0.493 e. The van der Waals surface area contributed by atoms with Crippen LogP contribution in [-0.2, 0) is 9.59 Å². The van der Waals surface area contributed by atoms with Crippen molar-refractivity contribution in [3.8, 4) is 11.5 Å². The number of amides is 4. The first-order valence-corrected chi connectivity index (χ1v) is 9.67. The van der Waals surface area contributed by atoms with Gasteiger partial charge in [0.1, 0.15) is 5.57 Å². The molecule has 3 rings (SSSR count). The van der Waals surface area contributed by atoms with Crippen molar-refractivity contribution in [2.45, 2.75) is 33.3 Å². The summed E-state index contributed by atoms with van der Waals surface area (Å²) in [5.41, 5.74) is 1.70. The summed E-state index contributed by atoms with van der Waals surface area (Å²) < 4.78 is 11.4. The lowest BCUT2D eigenvalue weighted by molar-refractivity contribution is -0.122. The molecule has 30 heavy (non-hydrogen) atoms. The van der Waals surface area contributed by atoms with Crippen LogP contribution in [0.2, 0.25) is 0 Å². The maximum atomic E-state index is 13.1. The number of carbonyl (C=O) groups excluding carboxylic acids is 3. The van der Waals surface area contributed by atoms with Crippen molar-refractivity contribution in [2.24, 2.45) is 0 Å². The average molecular weight is 408 g/mol. The highest BCUT2D eigenvalue weighted by Gasteiger charge is 2.37. The van der Waals surface area contributed by atoms with E-state index in [2.05, 4.69) is 5.32 Å². The Balaban J connectivity index is 2.05. The fourth-order valence-electron chi connectivity index (χ4n) is 2.96. The number of anilines is 1. The molecule has 0 radical (unpaired) electrons. The van der Waals surface area contributed by atoms with Crippen LogP contribution in [-0.4, -0.2) is 31.1 Å². The van der Waals surface area contributed by atoms with E-state index in [4.69, 9.17) is 9.47 Å². The highest BCUT2D eigenvalue weighted by Crippen LogP contribution is 2.34. The van der Waals surface area contributed by atoms with Crippen LogP contribution in [0, 0.1) is 6.92 Å². The molecule has 1 fully saturated rings. The molecule has 1 N–H and O–H groups in total. The smallest absolute Gasteiger partial charge is 0.335 e. The highest BCUT2D eigenvalue weighted by molar-refractivity contribution is 6.39. The van der Waals surface area contributed by atoms with Gasteiger partial charge in [-0.15, -0.1) is 0 Å². The first-order valence-electron chi connectivity index (χ1n) is 9.67. The molecule has 2 aromatic carbocycles. The zero-order valence-electron chi connectivity index (χ0n) is 17.4. The lowest BCUT2D eigenvalue weighted by Crippen LogP contribution is -2.54. The quantitative estimate of drug-likeness (QED) is 0.580. The molecule has 1 atom stereocenters. The van der Waals surface area contributed by atoms with E-state index < -0.39 is 17.8 Å². The number of aryl methyl sites for hydroxylation is 1. The van der Waals surface area contributed by atoms with E-state index in [1.54, 1.807) is 42.5 Å². The molecule has 0 saturated carbocycles. The van der Waals surface area contributed by atoms with Gasteiger partial charge < -0.3 is 9.47 Å². The van der Waals surface area contributed by atoms with Gasteiger partial charge in [0.25, 0.3) is 11.8 Å². The summed E-state index contributed by atoms with van der Waals surface area (Å²) in [5, 5.41) is 2.23. The number of methoxy groups -OCH3 is 1. The molecule has 2 aromatic rings. The molecule has 0 aromatic heterocycles. The number of ether oxygens (including phenoxy) is 2. The van der Waals surface area contributed by atoms with Crippen LogP contribution in [0.15, 0.2) is 48.0 Å². The summed E-state index contributed by atoms with van der Waals surface area (Å²) in [6, 6.07) is 11.3. The van der Waals surface area contributed by atoms with Gasteiger partial charge in [-0.25, -0.2) is 9.69 Å². The van der Waals surface area contributed by atoms with Gasteiger partial charge in [0, 0.05) is 5.56 Å². The number of nitrogens with one attached hydrogen (secondary N) is 1. The monoisotopic (exact) mass is 408 g/mol. The van der Waals surface area contributed by atoms with Gasteiger partial charge in [0.15, 0.2) is 11.5 Å². The van der Waals surface area contributed by atoms with Gasteiger partial charge in [-0.3, -0.25) is 14.9 Å². The fraction of sp³-hybridized carbons (Fsp3) is 0.261. The standard InChI is InChI=1S/C23H24N2O5/c1-5-15(3)30-20-16(7-6-8-19(20)29-4)13-18-21(26)24-23(28)25(22(18)27)17-11-9-14(2)10-12-17/h6-13,15H,5H2,1-4H3,(H,24,26,28)/b18-13+/t15-/m1/s1. The average Bonchev–Trinajstić information content (AvgIpc) is 2.73. The molecule has 1 aliphatic rings. The number of urea groups is 1. The first kappa shape index (κ1) is 21.1. The molecule has 1 aliphatic heterocycles. The summed E-state index contributed by atoms with van der Waals surface area (Å²) in [4.78, 5) is 38.9. The summed E-state index contributed by atoms with van der Waals surface area (Å²) in [7, 11) is 1.52. The van der Waals surface area contributed by atoms with Crippen LogP contribution in [0.5, 0.6) is 11.5 Å². The van der Waals surface area contributed by atoms with Crippen LogP contribution in [0.3, 0.4) is 0 Å². The molecular weight excluding hydrogens is 384 g/mol. The van der Waals surface area contributed by atoms with E-state index in [1.807, 2.05) is 20.8 Å². The van der Waals surface area contributed by atoms with Crippen molar-refractivity contribution in [2.75, 3.05) is 12.0 Å². The van der Waals surface area contributed by atoms with Gasteiger partial charge in [-0.2, -0.15) is 0 Å². The number of rotatable bonds is 6. The van der Waals surface area contributed by atoms with E-state index >= 15 is 0 Å². The van der Waals surface area contributed by atoms with Crippen LogP contribution in [0.25, 0.3) is 6.08 Å². The van der Waals surface area contributed by atoms with Gasteiger partial charge in [-0.1, -0.05) is 36.8 Å². The van der Waals surface area contributed by atoms with Crippen molar-refractivity contribution in [3.63, 3.8) is 0 Å². The number of imide groups is 2. The van der Waals surface area contributed by atoms with E-state index in [9.17, 15) is 14.4 Å². The maximum Gasteiger partial charge on any atom is 0.335 e. The Morgan fingerprint density at radius 2 is 1.80 bits per heavy atom. The van der Waals surface area contributed by atoms with Gasteiger partial charge in [-0.05, 0) is 44.5 Å². The molecule has 0 spiro atoms. The molecule has 0 aliphatic carbocycles. The number of hydrogen-bond donors (Lipinski definition) is 1. The van der Waals surface area contributed by atoms with Crippen molar-refractivity contribution in [1.82, 2.24) is 5.32 Å². The summed E-state index contributed by atoms with van der Waals surface area (Å²) in [5.74, 6) is -0.545. The Labute approximate surface area is 175 Å². The predicted molar refractivity (Wildman–Crippen MR) is 114 cm³/mol.